The molecule has 7 nitrogen and oxygen atoms in total. The average Bonchev–Trinajstić information content (AvgIpc) is 2.69. The first-order valence-corrected chi connectivity index (χ1v) is 11.2. The number of para-hydroxylation sites is 1. The van der Waals surface area contributed by atoms with Crippen molar-refractivity contribution in [1.82, 2.24) is 14.9 Å². The van der Waals surface area contributed by atoms with E-state index in [0.29, 0.717) is 13.1 Å². The van der Waals surface area contributed by atoms with Gasteiger partial charge in [0.05, 0.1) is 5.75 Å². The highest BCUT2D eigenvalue weighted by atomic mass is 127. The number of hydrogen-bond donors (Lipinski definition) is 2. The number of nitrogens with zero attached hydrogens (tertiary/aromatic N) is 3. The quantitative estimate of drug-likeness (QED) is 0.190. The van der Waals surface area contributed by atoms with Crippen LogP contribution in [0.2, 0.25) is 0 Å². The van der Waals surface area contributed by atoms with Crippen LogP contribution in [0.25, 0.3) is 0 Å². The molecule has 9 heteroatoms. The summed E-state index contributed by atoms with van der Waals surface area (Å²) < 4.78 is 24.8. The van der Waals surface area contributed by atoms with Gasteiger partial charge < -0.3 is 15.5 Å². The Balaban J connectivity index is 0.00000729. The lowest BCUT2D eigenvalue weighted by molar-refractivity contribution is 0.461. The van der Waals surface area contributed by atoms with Crippen molar-refractivity contribution in [3.63, 3.8) is 0 Å². The van der Waals surface area contributed by atoms with Gasteiger partial charge in [-0.2, -0.15) is 0 Å². The van der Waals surface area contributed by atoms with E-state index in [2.05, 4.69) is 51.7 Å². The Morgan fingerprint density at radius 1 is 1.04 bits per heavy atom. The smallest absolute Gasteiger partial charge is 0.213 e. The van der Waals surface area contributed by atoms with Crippen LogP contribution in [0, 0.1) is 0 Å². The molecule has 2 N–H and O–H groups in total. The normalized spacial score (nSPS) is 11.8. The maximum Gasteiger partial charge on any atom is 0.213 e. The molecule has 0 bridgehead atoms. The van der Waals surface area contributed by atoms with Gasteiger partial charge >= 0.3 is 0 Å². The number of benzene rings is 1. The van der Waals surface area contributed by atoms with Gasteiger partial charge in [-0.3, -0.25) is 4.99 Å². The highest BCUT2D eigenvalue weighted by Crippen LogP contribution is 2.12. The first-order chi connectivity index (χ1) is 12.9. The molecule has 0 amide bonds. The van der Waals surface area contributed by atoms with Crippen molar-refractivity contribution in [3.05, 3.63) is 30.3 Å². The lowest BCUT2D eigenvalue weighted by Crippen LogP contribution is -2.40. The number of sulfonamides is 1. The lowest BCUT2D eigenvalue weighted by atomic mass is 10.2. The Hall–Kier alpha value is -1.07. The Kier molecular flexibility index (Phi) is 14.3. The van der Waals surface area contributed by atoms with Crippen LogP contribution in [0.1, 0.15) is 26.7 Å². The Morgan fingerprint density at radius 3 is 2.11 bits per heavy atom. The summed E-state index contributed by atoms with van der Waals surface area (Å²) in [6.45, 7) is 7.78. The third-order valence-electron chi connectivity index (χ3n) is 4.41. The molecule has 1 rings (SSSR count). The first-order valence-electron chi connectivity index (χ1n) is 9.63. The molecule has 0 saturated heterocycles. The van der Waals surface area contributed by atoms with Crippen molar-refractivity contribution >= 4 is 45.6 Å². The van der Waals surface area contributed by atoms with Crippen LogP contribution in [0.5, 0.6) is 0 Å². The molecule has 1 aromatic rings. The molecule has 162 valence electrons. The van der Waals surface area contributed by atoms with E-state index in [4.69, 9.17) is 0 Å². The first kappa shape index (κ1) is 26.9. The topological polar surface area (TPSA) is 77.0 Å². The van der Waals surface area contributed by atoms with Gasteiger partial charge in [0, 0.05) is 52.5 Å². The van der Waals surface area contributed by atoms with E-state index in [9.17, 15) is 8.42 Å². The van der Waals surface area contributed by atoms with E-state index in [1.54, 1.807) is 21.0 Å². The van der Waals surface area contributed by atoms with Gasteiger partial charge in [0.1, 0.15) is 0 Å². The fourth-order valence-corrected chi connectivity index (χ4v) is 3.52. The van der Waals surface area contributed by atoms with Crippen molar-refractivity contribution in [2.75, 3.05) is 57.5 Å². The second-order valence-corrected chi connectivity index (χ2v) is 8.63. The van der Waals surface area contributed by atoms with E-state index >= 15 is 0 Å². The molecule has 0 spiro atoms. The van der Waals surface area contributed by atoms with Crippen LogP contribution in [0.15, 0.2) is 35.3 Å². The molecule has 28 heavy (non-hydrogen) atoms. The van der Waals surface area contributed by atoms with Gasteiger partial charge in [-0.15, -0.1) is 24.0 Å². The van der Waals surface area contributed by atoms with E-state index in [0.717, 1.165) is 38.4 Å². The highest BCUT2D eigenvalue weighted by Gasteiger charge is 2.13. The Labute approximate surface area is 188 Å². The molecule has 0 fully saturated rings. The monoisotopic (exact) mass is 525 g/mol. The number of hydrogen-bond acceptors (Lipinski definition) is 4. The summed E-state index contributed by atoms with van der Waals surface area (Å²) in [6.07, 6.45) is 1.73. The second kappa shape index (κ2) is 14.9. The Morgan fingerprint density at radius 2 is 1.61 bits per heavy atom. The number of aliphatic imine (C=N–C) groups is 1. The minimum atomic E-state index is -3.10. The Bertz CT molecular complexity index is 656. The summed E-state index contributed by atoms with van der Waals surface area (Å²) in [6, 6.07) is 10.4. The summed E-state index contributed by atoms with van der Waals surface area (Å²) in [4.78, 5) is 6.56. The van der Waals surface area contributed by atoms with Crippen LogP contribution in [0.4, 0.5) is 5.69 Å². The summed E-state index contributed by atoms with van der Waals surface area (Å²) in [5, 5.41) is 6.54. The number of halogens is 1. The molecule has 0 aliphatic heterocycles. The maximum absolute atomic E-state index is 11.7. The summed E-state index contributed by atoms with van der Waals surface area (Å²) in [5.41, 5.74) is 1.24. The minimum absolute atomic E-state index is 0. The molecule has 0 heterocycles. The highest BCUT2D eigenvalue weighted by molar-refractivity contribution is 14.0. The molecule has 1 aromatic carbocycles. The van der Waals surface area contributed by atoms with Crippen molar-refractivity contribution in [2.45, 2.75) is 26.7 Å². The third-order valence-corrected chi connectivity index (χ3v) is 6.27. The lowest BCUT2D eigenvalue weighted by Gasteiger charge is -2.23. The zero-order valence-electron chi connectivity index (χ0n) is 17.5. The predicted octanol–water partition coefficient (Wildman–Crippen LogP) is 2.36. The van der Waals surface area contributed by atoms with E-state index in [1.165, 1.54) is 9.99 Å². The zero-order chi connectivity index (χ0) is 20.1. The van der Waals surface area contributed by atoms with Gasteiger partial charge in [0.15, 0.2) is 5.96 Å². The summed E-state index contributed by atoms with van der Waals surface area (Å²) in [7, 11) is 0.264. The SMILES string of the molecule is CCN(CCCNC(=NC)NCCCN(C)S(=O)(=O)CC)c1ccccc1.I. The third kappa shape index (κ3) is 9.92. The van der Waals surface area contributed by atoms with Gasteiger partial charge in [-0.1, -0.05) is 18.2 Å². The molecule has 0 aliphatic rings. The van der Waals surface area contributed by atoms with Crippen LogP contribution in [-0.2, 0) is 10.0 Å². The number of rotatable bonds is 12. The number of anilines is 1. The molecule has 0 aliphatic carbocycles. The van der Waals surface area contributed by atoms with E-state index in [1.807, 2.05) is 6.07 Å². The molecule has 0 atom stereocenters. The molecular formula is C19H36IN5O2S. The second-order valence-electron chi connectivity index (χ2n) is 6.27. The van der Waals surface area contributed by atoms with Crippen molar-refractivity contribution in [3.8, 4) is 0 Å². The zero-order valence-corrected chi connectivity index (χ0v) is 20.7. The van der Waals surface area contributed by atoms with Crippen LogP contribution >= 0.6 is 24.0 Å². The van der Waals surface area contributed by atoms with Crippen molar-refractivity contribution in [2.24, 2.45) is 4.99 Å². The van der Waals surface area contributed by atoms with Gasteiger partial charge in [0.2, 0.25) is 10.0 Å². The maximum atomic E-state index is 11.7. The van der Waals surface area contributed by atoms with Gasteiger partial charge in [-0.05, 0) is 38.8 Å². The number of nitrogens with one attached hydrogen (secondary N) is 2. The van der Waals surface area contributed by atoms with Crippen molar-refractivity contribution in [1.29, 1.82) is 0 Å². The van der Waals surface area contributed by atoms with E-state index < -0.39 is 10.0 Å². The van der Waals surface area contributed by atoms with Crippen molar-refractivity contribution < 1.29 is 8.42 Å². The van der Waals surface area contributed by atoms with E-state index in [-0.39, 0.29) is 29.7 Å². The minimum Gasteiger partial charge on any atom is -0.372 e. The van der Waals surface area contributed by atoms with Crippen LogP contribution in [0.3, 0.4) is 0 Å². The largest absolute Gasteiger partial charge is 0.372 e. The van der Waals surface area contributed by atoms with Gasteiger partial charge in [0.25, 0.3) is 0 Å². The predicted molar refractivity (Wildman–Crippen MR) is 130 cm³/mol. The van der Waals surface area contributed by atoms with Crippen LogP contribution < -0.4 is 15.5 Å². The van der Waals surface area contributed by atoms with Crippen LogP contribution in [-0.4, -0.2) is 71.3 Å². The summed E-state index contributed by atoms with van der Waals surface area (Å²) in [5.74, 6) is 0.886. The summed E-state index contributed by atoms with van der Waals surface area (Å²) >= 11 is 0. The van der Waals surface area contributed by atoms with Gasteiger partial charge in [-0.25, -0.2) is 12.7 Å². The fourth-order valence-electron chi connectivity index (χ4n) is 2.67. The molecule has 0 radical (unpaired) electrons. The molecule has 0 unspecified atom stereocenters. The molecule has 0 aromatic heterocycles. The molecular weight excluding hydrogens is 489 g/mol. The fraction of sp³-hybridized carbons (Fsp3) is 0.632. The standard InChI is InChI=1S/C19H35N5O2S.HI/c1-5-24(18-12-8-7-9-13-18)17-11-15-22-19(20-3)21-14-10-16-23(4)27(25,26)6-2;/h7-9,12-13H,5-6,10-11,14-17H2,1-4H3,(H2,20,21,22);1H. The molecule has 0 saturated carbocycles. The average molecular weight is 526 g/mol. The number of guanidine groups is 1.